The number of aromatic carboxylic acids is 1. The third kappa shape index (κ3) is 3.03. The Balaban J connectivity index is 2.26. The van der Waals surface area contributed by atoms with Crippen LogP contribution in [0, 0.1) is 0 Å². The van der Waals surface area contributed by atoms with Crippen molar-refractivity contribution in [2.45, 2.75) is 6.42 Å². The normalized spacial score (nSPS) is 10.1. The Morgan fingerprint density at radius 1 is 1.05 bits per heavy atom. The standard InChI is InChI=1S/C16H14O4/c1-20-12-6-4-5-11(9-12)10-15(17)13-7-2-3-8-14(13)16(18)19/h2-9H,10H2,1H3,(H,18,19). The number of carboxylic acid groups (broad SMARTS) is 1. The predicted octanol–water partition coefficient (Wildman–Crippen LogP) is 2.82. The van der Waals surface area contributed by atoms with Crippen LogP contribution in [-0.2, 0) is 6.42 Å². The molecule has 0 atom stereocenters. The van der Waals surface area contributed by atoms with Gasteiger partial charge in [0.1, 0.15) is 5.75 Å². The van der Waals surface area contributed by atoms with Gasteiger partial charge in [0.25, 0.3) is 0 Å². The minimum Gasteiger partial charge on any atom is -0.497 e. The number of benzene rings is 2. The molecule has 0 saturated heterocycles. The van der Waals surface area contributed by atoms with Crippen LogP contribution in [-0.4, -0.2) is 24.0 Å². The van der Waals surface area contributed by atoms with Gasteiger partial charge >= 0.3 is 5.97 Å². The molecule has 0 heterocycles. The van der Waals surface area contributed by atoms with E-state index in [0.29, 0.717) is 5.75 Å². The molecule has 0 unspecified atom stereocenters. The lowest BCUT2D eigenvalue weighted by atomic mass is 9.98. The van der Waals surface area contributed by atoms with Gasteiger partial charge in [0.2, 0.25) is 0 Å². The fourth-order valence-electron chi connectivity index (χ4n) is 1.98. The van der Waals surface area contributed by atoms with Crippen molar-refractivity contribution < 1.29 is 19.4 Å². The highest BCUT2D eigenvalue weighted by Crippen LogP contribution is 2.16. The molecule has 102 valence electrons. The Morgan fingerprint density at radius 2 is 1.75 bits per heavy atom. The molecule has 0 amide bonds. The summed E-state index contributed by atoms with van der Waals surface area (Å²) in [6, 6.07) is 13.4. The van der Waals surface area contributed by atoms with Gasteiger partial charge in [0, 0.05) is 12.0 Å². The van der Waals surface area contributed by atoms with Gasteiger partial charge in [-0.2, -0.15) is 0 Å². The number of methoxy groups -OCH3 is 1. The second-order valence-electron chi connectivity index (χ2n) is 4.30. The molecule has 4 heteroatoms. The molecule has 0 aliphatic carbocycles. The molecule has 1 N–H and O–H groups in total. The van der Waals surface area contributed by atoms with Crippen molar-refractivity contribution in [1.82, 2.24) is 0 Å². The third-order valence-corrected chi connectivity index (χ3v) is 2.96. The number of carbonyl (C=O) groups excluding carboxylic acids is 1. The van der Waals surface area contributed by atoms with Crippen molar-refractivity contribution in [2.24, 2.45) is 0 Å². The molecule has 4 nitrogen and oxygen atoms in total. The van der Waals surface area contributed by atoms with Crippen LogP contribution in [0.1, 0.15) is 26.3 Å². The lowest BCUT2D eigenvalue weighted by Gasteiger charge is -2.06. The van der Waals surface area contributed by atoms with Crippen molar-refractivity contribution >= 4 is 11.8 Å². The lowest BCUT2D eigenvalue weighted by Crippen LogP contribution is -2.10. The largest absolute Gasteiger partial charge is 0.497 e. The van der Waals surface area contributed by atoms with Crippen LogP contribution < -0.4 is 4.74 Å². The van der Waals surface area contributed by atoms with E-state index in [1.165, 1.54) is 12.1 Å². The van der Waals surface area contributed by atoms with E-state index in [2.05, 4.69) is 0 Å². The van der Waals surface area contributed by atoms with Crippen LogP contribution in [0.2, 0.25) is 0 Å². The predicted molar refractivity (Wildman–Crippen MR) is 74.4 cm³/mol. The van der Waals surface area contributed by atoms with Crippen molar-refractivity contribution in [3.8, 4) is 5.75 Å². The summed E-state index contributed by atoms with van der Waals surface area (Å²) in [6.45, 7) is 0. The van der Waals surface area contributed by atoms with E-state index in [-0.39, 0.29) is 23.3 Å². The quantitative estimate of drug-likeness (QED) is 0.848. The third-order valence-electron chi connectivity index (χ3n) is 2.96. The number of Topliss-reactive ketones (excluding diaryl/α,β-unsaturated/α-hetero) is 1. The van der Waals surface area contributed by atoms with Crippen LogP contribution >= 0.6 is 0 Å². The van der Waals surface area contributed by atoms with Crippen molar-refractivity contribution in [3.63, 3.8) is 0 Å². The zero-order valence-electron chi connectivity index (χ0n) is 11.0. The van der Waals surface area contributed by atoms with E-state index in [0.717, 1.165) is 5.56 Å². The van der Waals surface area contributed by atoms with Gasteiger partial charge in [-0.05, 0) is 23.8 Å². The molecule has 0 spiro atoms. The van der Waals surface area contributed by atoms with Gasteiger partial charge in [0.05, 0.1) is 12.7 Å². The first-order valence-electron chi connectivity index (χ1n) is 6.10. The van der Waals surface area contributed by atoms with Crippen molar-refractivity contribution in [3.05, 3.63) is 65.2 Å². The Hall–Kier alpha value is -2.62. The first-order valence-corrected chi connectivity index (χ1v) is 6.10. The highest BCUT2D eigenvalue weighted by atomic mass is 16.5. The van der Waals surface area contributed by atoms with Crippen molar-refractivity contribution in [1.29, 1.82) is 0 Å². The summed E-state index contributed by atoms with van der Waals surface area (Å²) < 4.78 is 5.10. The van der Waals surface area contributed by atoms with Crippen LogP contribution in [0.15, 0.2) is 48.5 Å². The number of hydrogen-bond acceptors (Lipinski definition) is 3. The second kappa shape index (κ2) is 6.02. The molecule has 20 heavy (non-hydrogen) atoms. The Kier molecular flexibility index (Phi) is 4.15. The van der Waals surface area contributed by atoms with E-state index < -0.39 is 5.97 Å². The maximum Gasteiger partial charge on any atom is 0.336 e. The van der Waals surface area contributed by atoms with Gasteiger partial charge in [-0.15, -0.1) is 0 Å². The summed E-state index contributed by atoms with van der Waals surface area (Å²) in [5.74, 6) is -0.655. The average Bonchev–Trinajstić information content (AvgIpc) is 2.47. The number of rotatable bonds is 5. The van der Waals surface area contributed by atoms with E-state index in [9.17, 15) is 9.59 Å². The Bertz CT molecular complexity index is 646. The van der Waals surface area contributed by atoms with E-state index in [1.54, 1.807) is 37.4 Å². The zero-order valence-corrected chi connectivity index (χ0v) is 11.0. The summed E-state index contributed by atoms with van der Waals surface area (Å²) in [4.78, 5) is 23.3. The monoisotopic (exact) mass is 270 g/mol. The topological polar surface area (TPSA) is 63.6 Å². The Morgan fingerprint density at radius 3 is 2.40 bits per heavy atom. The number of ether oxygens (including phenoxy) is 1. The second-order valence-corrected chi connectivity index (χ2v) is 4.30. The molecule has 0 saturated carbocycles. The molecule has 0 radical (unpaired) electrons. The van der Waals surface area contributed by atoms with Gasteiger partial charge in [-0.25, -0.2) is 4.79 Å². The Labute approximate surface area is 116 Å². The number of hydrogen-bond donors (Lipinski definition) is 1. The SMILES string of the molecule is COc1cccc(CC(=O)c2ccccc2C(=O)O)c1. The summed E-state index contributed by atoms with van der Waals surface area (Å²) in [5, 5.41) is 9.09. The summed E-state index contributed by atoms with van der Waals surface area (Å²) in [7, 11) is 1.56. The highest BCUT2D eigenvalue weighted by molar-refractivity contribution is 6.06. The number of carbonyl (C=O) groups is 2. The van der Waals surface area contributed by atoms with Crippen LogP contribution in [0.3, 0.4) is 0 Å². The minimum atomic E-state index is -1.10. The number of ketones is 1. The molecule has 0 aromatic heterocycles. The molecule has 0 fully saturated rings. The highest BCUT2D eigenvalue weighted by Gasteiger charge is 2.16. The molecule has 0 bridgehead atoms. The average molecular weight is 270 g/mol. The van der Waals surface area contributed by atoms with Gasteiger partial charge in [0.15, 0.2) is 5.78 Å². The minimum absolute atomic E-state index is 0.0281. The van der Waals surface area contributed by atoms with E-state index >= 15 is 0 Å². The summed E-state index contributed by atoms with van der Waals surface area (Å²) in [5.41, 5.74) is 1.04. The molecular formula is C16H14O4. The zero-order chi connectivity index (χ0) is 14.5. The molecule has 2 aromatic rings. The fourth-order valence-corrected chi connectivity index (χ4v) is 1.98. The van der Waals surface area contributed by atoms with Crippen LogP contribution in [0.5, 0.6) is 5.75 Å². The first-order chi connectivity index (χ1) is 9.61. The maximum absolute atomic E-state index is 12.2. The smallest absolute Gasteiger partial charge is 0.336 e. The molecule has 0 aliphatic rings. The lowest BCUT2D eigenvalue weighted by molar-refractivity contribution is 0.0692. The van der Waals surface area contributed by atoms with Gasteiger partial charge in [-0.1, -0.05) is 30.3 Å². The summed E-state index contributed by atoms with van der Waals surface area (Å²) >= 11 is 0. The van der Waals surface area contributed by atoms with Crippen LogP contribution in [0.4, 0.5) is 0 Å². The van der Waals surface area contributed by atoms with Gasteiger partial charge < -0.3 is 9.84 Å². The van der Waals surface area contributed by atoms with Gasteiger partial charge in [-0.3, -0.25) is 4.79 Å². The number of carboxylic acids is 1. The summed E-state index contributed by atoms with van der Waals surface area (Å²) in [6.07, 6.45) is 0.140. The van der Waals surface area contributed by atoms with Crippen molar-refractivity contribution in [2.75, 3.05) is 7.11 Å². The molecule has 0 aliphatic heterocycles. The first kappa shape index (κ1) is 13.8. The fraction of sp³-hybridized carbons (Fsp3) is 0.125. The molecule has 2 aromatic carbocycles. The molecular weight excluding hydrogens is 256 g/mol. The van der Waals surface area contributed by atoms with Crippen LogP contribution in [0.25, 0.3) is 0 Å². The maximum atomic E-state index is 12.2. The van der Waals surface area contributed by atoms with E-state index in [1.807, 2.05) is 6.07 Å². The van der Waals surface area contributed by atoms with E-state index in [4.69, 9.17) is 9.84 Å². The molecule has 2 rings (SSSR count).